The van der Waals surface area contributed by atoms with Crippen molar-refractivity contribution in [1.82, 2.24) is 0 Å². The van der Waals surface area contributed by atoms with Gasteiger partial charge in [-0.1, -0.05) is 0 Å². The van der Waals surface area contributed by atoms with Crippen molar-refractivity contribution < 1.29 is 22.6 Å². The van der Waals surface area contributed by atoms with Gasteiger partial charge in [-0.15, -0.1) is 0 Å². The standard InChI is InChI=1S/C13H18F3NO2/c1-12(2,17)7-8-5-9(18-3)6-10(11(8)19-4)13(14,15)16/h5-6H,7,17H2,1-4H3. The van der Waals surface area contributed by atoms with Crippen molar-refractivity contribution in [2.45, 2.75) is 32.0 Å². The Morgan fingerprint density at radius 3 is 2.05 bits per heavy atom. The monoisotopic (exact) mass is 277 g/mol. The largest absolute Gasteiger partial charge is 0.497 e. The average Bonchev–Trinajstić information content (AvgIpc) is 2.24. The zero-order chi connectivity index (χ0) is 14.8. The molecule has 0 aliphatic heterocycles. The maximum Gasteiger partial charge on any atom is 0.420 e. The second-order valence-corrected chi connectivity index (χ2v) is 5.03. The first-order chi connectivity index (χ1) is 8.58. The molecule has 0 amide bonds. The summed E-state index contributed by atoms with van der Waals surface area (Å²) in [4.78, 5) is 0. The lowest BCUT2D eigenvalue weighted by Crippen LogP contribution is -2.34. The normalized spacial score (nSPS) is 12.4. The summed E-state index contributed by atoms with van der Waals surface area (Å²) < 4.78 is 48.8. The van der Waals surface area contributed by atoms with E-state index in [1.807, 2.05) is 0 Å². The smallest absolute Gasteiger partial charge is 0.420 e. The van der Waals surface area contributed by atoms with Gasteiger partial charge in [-0.2, -0.15) is 13.2 Å². The van der Waals surface area contributed by atoms with Gasteiger partial charge in [0.1, 0.15) is 17.1 Å². The van der Waals surface area contributed by atoms with Crippen molar-refractivity contribution >= 4 is 0 Å². The lowest BCUT2D eigenvalue weighted by atomic mass is 9.93. The van der Waals surface area contributed by atoms with Crippen molar-refractivity contribution in [2.75, 3.05) is 14.2 Å². The molecule has 0 radical (unpaired) electrons. The third-order valence-corrected chi connectivity index (χ3v) is 2.53. The Balaban J connectivity index is 3.44. The van der Waals surface area contributed by atoms with Gasteiger partial charge in [-0.25, -0.2) is 0 Å². The van der Waals surface area contributed by atoms with Crippen LogP contribution in [0.1, 0.15) is 25.0 Å². The van der Waals surface area contributed by atoms with Crippen LogP contribution in [-0.2, 0) is 12.6 Å². The van der Waals surface area contributed by atoms with Crippen LogP contribution in [0.3, 0.4) is 0 Å². The number of benzene rings is 1. The fourth-order valence-corrected chi connectivity index (χ4v) is 1.85. The van der Waals surface area contributed by atoms with E-state index in [1.165, 1.54) is 20.3 Å². The fraction of sp³-hybridized carbons (Fsp3) is 0.538. The predicted molar refractivity (Wildman–Crippen MR) is 66.5 cm³/mol. The summed E-state index contributed by atoms with van der Waals surface area (Å²) in [5.74, 6) is -0.0702. The first kappa shape index (κ1) is 15.6. The molecule has 19 heavy (non-hydrogen) atoms. The second kappa shape index (κ2) is 5.28. The zero-order valence-corrected chi connectivity index (χ0v) is 11.4. The summed E-state index contributed by atoms with van der Waals surface area (Å²) in [6.45, 7) is 3.47. The quantitative estimate of drug-likeness (QED) is 0.920. The van der Waals surface area contributed by atoms with E-state index in [0.29, 0.717) is 5.56 Å². The molecule has 1 aromatic carbocycles. The Morgan fingerprint density at radius 2 is 1.68 bits per heavy atom. The third-order valence-electron chi connectivity index (χ3n) is 2.53. The maximum absolute atomic E-state index is 13.0. The zero-order valence-electron chi connectivity index (χ0n) is 11.4. The van der Waals surface area contributed by atoms with E-state index in [-0.39, 0.29) is 17.9 Å². The van der Waals surface area contributed by atoms with Crippen LogP contribution in [-0.4, -0.2) is 19.8 Å². The summed E-state index contributed by atoms with van der Waals surface area (Å²) in [6.07, 6.45) is -4.26. The lowest BCUT2D eigenvalue weighted by molar-refractivity contribution is -0.138. The first-order valence-corrected chi connectivity index (χ1v) is 5.69. The molecule has 0 atom stereocenters. The molecular formula is C13H18F3NO2. The van der Waals surface area contributed by atoms with Crippen LogP contribution >= 0.6 is 0 Å². The molecule has 0 saturated heterocycles. The van der Waals surface area contributed by atoms with Crippen molar-refractivity contribution in [2.24, 2.45) is 5.73 Å². The Kier molecular flexibility index (Phi) is 4.35. The van der Waals surface area contributed by atoms with Gasteiger partial charge >= 0.3 is 6.18 Å². The number of halogens is 3. The predicted octanol–water partition coefficient (Wildman–Crippen LogP) is 3.00. The van der Waals surface area contributed by atoms with Crippen LogP contribution in [0.15, 0.2) is 12.1 Å². The van der Waals surface area contributed by atoms with Crippen LogP contribution in [0.4, 0.5) is 13.2 Å². The molecular weight excluding hydrogens is 259 g/mol. The summed E-state index contributed by atoms with van der Waals surface area (Å²) >= 11 is 0. The third kappa shape index (κ3) is 4.02. The molecule has 0 aliphatic rings. The second-order valence-electron chi connectivity index (χ2n) is 5.03. The SMILES string of the molecule is COc1cc(CC(C)(C)N)c(OC)c(C(F)(F)F)c1. The van der Waals surface area contributed by atoms with Gasteiger partial charge < -0.3 is 15.2 Å². The molecule has 0 heterocycles. The molecule has 108 valence electrons. The first-order valence-electron chi connectivity index (χ1n) is 5.69. The molecule has 0 aliphatic carbocycles. The van der Waals surface area contributed by atoms with Crippen molar-refractivity contribution in [3.63, 3.8) is 0 Å². The summed E-state index contributed by atoms with van der Waals surface area (Å²) in [5.41, 5.74) is 4.74. The minimum Gasteiger partial charge on any atom is -0.497 e. The number of hydrogen-bond acceptors (Lipinski definition) is 3. The Hall–Kier alpha value is -1.43. The van der Waals surface area contributed by atoms with Crippen LogP contribution in [0.5, 0.6) is 11.5 Å². The number of hydrogen-bond donors (Lipinski definition) is 1. The molecule has 3 nitrogen and oxygen atoms in total. The van der Waals surface area contributed by atoms with Gasteiger partial charge in [0.2, 0.25) is 0 Å². The summed E-state index contributed by atoms with van der Waals surface area (Å²) in [6, 6.07) is 2.44. The van der Waals surface area contributed by atoms with Gasteiger partial charge in [0.25, 0.3) is 0 Å². The van der Waals surface area contributed by atoms with E-state index < -0.39 is 17.3 Å². The minimum absolute atomic E-state index is 0.132. The van der Waals surface area contributed by atoms with E-state index in [1.54, 1.807) is 13.8 Å². The minimum atomic E-state index is -4.51. The molecule has 1 aromatic rings. The summed E-state index contributed by atoms with van der Waals surface area (Å²) in [7, 11) is 2.53. The van der Waals surface area contributed by atoms with Crippen molar-refractivity contribution in [3.05, 3.63) is 23.3 Å². The van der Waals surface area contributed by atoms with Crippen LogP contribution < -0.4 is 15.2 Å². The lowest BCUT2D eigenvalue weighted by Gasteiger charge is -2.23. The van der Waals surface area contributed by atoms with Gasteiger partial charge in [0.15, 0.2) is 0 Å². The van der Waals surface area contributed by atoms with E-state index in [0.717, 1.165) is 6.07 Å². The highest BCUT2D eigenvalue weighted by Gasteiger charge is 2.36. The molecule has 0 fully saturated rings. The van der Waals surface area contributed by atoms with Crippen molar-refractivity contribution in [3.8, 4) is 11.5 Å². The topological polar surface area (TPSA) is 44.5 Å². The van der Waals surface area contributed by atoms with E-state index in [2.05, 4.69) is 0 Å². The van der Waals surface area contributed by atoms with Crippen LogP contribution in [0.2, 0.25) is 0 Å². The molecule has 0 unspecified atom stereocenters. The summed E-state index contributed by atoms with van der Waals surface area (Å²) in [5, 5.41) is 0. The van der Waals surface area contributed by atoms with E-state index >= 15 is 0 Å². The molecule has 0 spiro atoms. The maximum atomic E-state index is 13.0. The van der Waals surface area contributed by atoms with Gasteiger partial charge in [-0.3, -0.25) is 0 Å². The average molecular weight is 277 g/mol. The number of alkyl halides is 3. The highest BCUT2D eigenvalue weighted by Crippen LogP contribution is 2.41. The molecule has 0 saturated carbocycles. The Labute approximate surface area is 110 Å². The fourth-order valence-electron chi connectivity index (χ4n) is 1.85. The molecule has 6 heteroatoms. The van der Waals surface area contributed by atoms with Crippen LogP contribution in [0.25, 0.3) is 0 Å². The number of ether oxygens (including phenoxy) is 2. The van der Waals surface area contributed by atoms with Crippen molar-refractivity contribution in [1.29, 1.82) is 0 Å². The van der Waals surface area contributed by atoms with Gasteiger partial charge in [-0.05, 0) is 32.4 Å². The Morgan fingerprint density at radius 1 is 1.11 bits per heavy atom. The molecule has 1 rings (SSSR count). The Bertz CT molecular complexity index is 450. The highest BCUT2D eigenvalue weighted by molar-refractivity contribution is 5.49. The molecule has 2 N–H and O–H groups in total. The highest BCUT2D eigenvalue weighted by atomic mass is 19.4. The van der Waals surface area contributed by atoms with Gasteiger partial charge in [0, 0.05) is 11.1 Å². The van der Waals surface area contributed by atoms with Crippen LogP contribution in [0, 0.1) is 0 Å². The van der Waals surface area contributed by atoms with E-state index in [4.69, 9.17) is 15.2 Å². The van der Waals surface area contributed by atoms with E-state index in [9.17, 15) is 13.2 Å². The number of rotatable bonds is 4. The molecule has 0 bridgehead atoms. The van der Waals surface area contributed by atoms with Gasteiger partial charge in [0.05, 0.1) is 14.2 Å². The number of nitrogens with two attached hydrogens (primary N) is 1. The molecule has 0 aromatic heterocycles. The number of methoxy groups -OCH3 is 2.